The Bertz CT molecular complexity index is 952. The van der Waals surface area contributed by atoms with Crippen molar-refractivity contribution in [3.05, 3.63) is 54.6 Å². The number of hydrogen-bond acceptors (Lipinski definition) is 6. The second kappa shape index (κ2) is 6.80. The molecule has 1 atom stereocenters. The van der Waals surface area contributed by atoms with E-state index in [9.17, 15) is 5.11 Å². The molecule has 0 aliphatic carbocycles. The maximum absolute atomic E-state index is 10.1. The minimum atomic E-state index is -0.576. The van der Waals surface area contributed by atoms with Crippen LogP contribution in [-0.2, 0) is 0 Å². The van der Waals surface area contributed by atoms with Crippen molar-refractivity contribution in [2.75, 3.05) is 12.4 Å². The topological polar surface area (TPSA) is 59.7 Å². The third-order valence-electron chi connectivity index (χ3n) is 3.50. The summed E-state index contributed by atoms with van der Waals surface area (Å²) in [5.41, 5.74) is 1.10. The lowest BCUT2D eigenvalue weighted by Crippen LogP contribution is -2.20. The molecule has 5 nitrogen and oxygen atoms in total. The monoisotopic (exact) mass is 357 g/mol. The molecule has 0 aliphatic rings. The summed E-state index contributed by atoms with van der Waals surface area (Å²) in [6.07, 6.45) is -0.576. The van der Waals surface area contributed by atoms with Crippen LogP contribution in [0.25, 0.3) is 15.2 Å². The predicted octanol–water partition coefficient (Wildman–Crippen LogP) is 3.48. The van der Waals surface area contributed by atoms with Crippen molar-refractivity contribution < 1.29 is 9.84 Å². The molecule has 24 heavy (non-hydrogen) atoms. The second-order valence-electron chi connectivity index (χ2n) is 5.26. The Morgan fingerprint density at radius 2 is 1.88 bits per heavy atom. The normalized spacial score (nSPS) is 12.7. The summed E-state index contributed by atoms with van der Waals surface area (Å²) >= 11 is 3.10. The summed E-state index contributed by atoms with van der Waals surface area (Å²) in [4.78, 5) is 0.869. The number of thiazole rings is 1. The molecule has 0 spiro atoms. The van der Waals surface area contributed by atoms with Gasteiger partial charge in [0.05, 0.1) is 16.3 Å². The Labute approximate surface area is 146 Å². The molecule has 4 aromatic rings. The molecule has 2 heterocycles. The number of hydrogen-bond donors (Lipinski definition) is 1. The van der Waals surface area contributed by atoms with Crippen LogP contribution in [-0.4, -0.2) is 38.2 Å². The number of para-hydroxylation sites is 2. The van der Waals surface area contributed by atoms with Gasteiger partial charge in [-0.3, -0.25) is 4.40 Å². The lowest BCUT2D eigenvalue weighted by Gasteiger charge is -2.11. The standard InChI is InChI=1S/C17H15N3O2S2/c21-12(10-22-13-6-2-1-3-7-13)11-23-16-18-19-17-20(16)14-8-4-5-9-15(14)24-17/h1-9,12,21H,10-11H2. The van der Waals surface area contributed by atoms with Crippen molar-refractivity contribution in [3.8, 4) is 5.75 Å². The van der Waals surface area contributed by atoms with Gasteiger partial charge in [-0.25, -0.2) is 0 Å². The molecule has 0 saturated heterocycles. The van der Waals surface area contributed by atoms with E-state index in [2.05, 4.69) is 22.3 Å². The highest BCUT2D eigenvalue weighted by atomic mass is 32.2. The van der Waals surface area contributed by atoms with Gasteiger partial charge in [-0.2, -0.15) is 0 Å². The Kier molecular flexibility index (Phi) is 4.38. The highest BCUT2D eigenvalue weighted by molar-refractivity contribution is 7.99. The zero-order chi connectivity index (χ0) is 16.4. The van der Waals surface area contributed by atoms with E-state index < -0.39 is 6.10 Å². The van der Waals surface area contributed by atoms with E-state index in [-0.39, 0.29) is 6.61 Å². The van der Waals surface area contributed by atoms with E-state index in [4.69, 9.17) is 4.74 Å². The Morgan fingerprint density at radius 3 is 2.75 bits per heavy atom. The Hall–Kier alpha value is -2.09. The van der Waals surface area contributed by atoms with E-state index in [1.165, 1.54) is 16.5 Å². The summed E-state index contributed by atoms with van der Waals surface area (Å²) < 4.78 is 8.79. The summed E-state index contributed by atoms with van der Waals surface area (Å²) in [5, 5.41) is 19.4. The number of aromatic nitrogens is 3. The Balaban J connectivity index is 1.43. The Morgan fingerprint density at radius 1 is 1.08 bits per heavy atom. The number of benzene rings is 2. The summed E-state index contributed by atoms with van der Waals surface area (Å²) in [6, 6.07) is 17.7. The molecule has 1 unspecified atom stereocenters. The fraction of sp³-hybridized carbons (Fsp3) is 0.176. The molecule has 0 fully saturated rings. The van der Waals surface area contributed by atoms with Crippen molar-refractivity contribution in [1.82, 2.24) is 14.6 Å². The third-order valence-corrected chi connectivity index (χ3v) is 5.59. The molecule has 2 aromatic carbocycles. The average molecular weight is 357 g/mol. The van der Waals surface area contributed by atoms with Gasteiger partial charge in [0.1, 0.15) is 12.4 Å². The van der Waals surface area contributed by atoms with Crippen LogP contribution >= 0.6 is 23.1 Å². The number of aliphatic hydroxyl groups is 1. The van der Waals surface area contributed by atoms with Crippen molar-refractivity contribution in [3.63, 3.8) is 0 Å². The molecular weight excluding hydrogens is 342 g/mol. The molecule has 7 heteroatoms. The zero-order valence-electron chi connectivity index (χ0n) is 12.7. The fourth-order valence-electron chi connectivity index (χ4n) is 2.38. The summed E-state index contributed by atoms with van der Waals surface area (Å²) in [6.45, 7) is 0.253. The smallest absolute Gasteiger partial charge is 0.217 e. The van der Waals surface area contributed by atoms with Crippen LogP contribution in [0, 0.1) is 0 Å². The highest BCUT2D eigenvalue weighted by Crippen LogP contribution is 2.29. The van der Waals surface area contributed by atoms with Crippen LogP contribution in [0.4, 0.5) is 0 Å². The van der Waals surface area contributed by atoms with Crippen molar-refractivity contribution in [2.45, 2.75) is 11.3 Å². The predicted molar refractivity (Wildman–Crippen MR) is 97.0 cm³/mol. The molecule has 1 N–H and O–H groups in total. The maximum Gasteiger partial charge on any atom is 0.217 e. The number of aliphatic hydroxyl groups excluding tert-OH is 1. The number of thioether (sulfide) groups is 1. The number of nitrogens with zero attached hydrogens (tertiary/aromatic N) is 3. The van der Waals surface area contributed by atoms with Crippen LogP contribution in [0.2, 0.25) is 0 Å². The van der Waals surface area contributed by atoms with Crippen LogP contribution in [0.3, 0.4) is 0 Å². The van der Waals surface area contributed by atoms with Gasteiger partial charge in [-0.15, -0.1) is 10.2 Å². The van der Waals surface area contributed by atoms with Gasteiger partial charge >= 0.3 is 0 Å². The molecule has 0 saturated carbocycles. The van der Waals surface area contributed by atoms with E-state index in [0.29, 0.717) is 5.75 Å². The van der Waals surface area contributed by atoms with E-state index in [1.807, 2.05) is 46.9 Å². The number of ether oxygens (including phenoxy) is 1. The van der Waals surface area contributed by atoms with E-state index in [0.717, 1.165) is 21.4 Å². The fourth-order valence-corrected chi connectivity index (χ4v) is 4.25. The van der Waals surface area contributed by atoms with Gasteiger partial charge < -0.3 is 9.84 Å². The molecule has 122 valence electrons. The first-order chi connectivity index (χ1) is 11.8. The van der Waals surface area contributed by atoms with E-state index in [1.54, 1.807) is 11.3 Å². The van der Waals surface area contributed by atoms with E-state index >= 15 is 0 Å². The van der Waals surface area contributed by atoms with Gasteiger partial charge in [-0.1, -0.05) is 53.4 Å². The molecule has 0 amide bonds. The maximum atomic E-state index is 10.1. The molecule has 0 radical (unpaired) electrons. The van der Waals surface area contributed by atoms with Gasteiger partial charge in [0.2, 0.25) is 4.96 Å². The largest absolute Gasteiger partial charge is 0.491 e. The van der Waals surface area contributed by atoms with Crippen LogP contribution in [0.5, 0.6) is 5.75 Å². The van der Waals surface area contributed by atoms with Crippen molar-refractivity contribution >= 4 is 38.3 Å². The van der Waals surface area contributed by atoms with Crippen LogP contribution < -0.4 is 4.74 Å². The quantitative estimate of drug-likeness (QED) is 0.536. The number of rotatable bonds is 6. The van der Waals surface area contributed by atoms with Gasteiger partial charge in [0, 0.05) is 5.75 Å². The highest BCUT2D eigenvalue weighted by Gasteiger charge is 2.14. The van der Waals surface area contributed by atoms with Crippen LogP contribution in [0.15, 0.2) is 59.8 Å². The zero-order valence-corrected chi connectivity index (χ0v) is 14.3. The SMILES string of the molecule is OC(COc1ccccc1)CSc1nnc2sc3ccccc3n12. The molecule has 0 bridgehead atoms. The van der Waals surface area contributed by atoms with Crippen molar-refractivity contribution in [2.24, 2.45) is 0 Å². The van der Waals surface area contributed by atoms with Crippen molar-refractivity contribution in [1.29, 1.82) is 0 Å². The first-order valence-corrected chi connectivity index (χ1v) is 9.33. The lowest BCUT2D eigenvalue weighted by atomic mass is 10.3. The first kappa shape index (κ1) is 15.4. The number of fused-ring (bicyclic) bond motifs is 3. The first-order valence-electron chi connectivity index (χ1n) is 7.52. The minimum absolute atomic E-state index is 0.253. The van der Waals surface area contributed by atoms with Gasteiger partial charge in [0.15, 0.2) is 5.16 Å². The lowest BCUT2D eigenvalue weighted by molar-refractivity contribution is 0.126. The molecular formula is C17H15N3O2S2. The third kappa shape index (κ3) is 3.10. The molecule has 4 rings (SSSR count). The summed E-state index contributed by atoms with van der Waals surface area (Å²) in [5.74, 6) is 1.26. The van der Waals surface area contributed by atoms with Gasteiger partial charge in [-0.05, 0) is 24.3 Å². The molecule has 2 aromatic heterocycles. The van der Waals surface area contributed by atoms with Crippen LogP contribution in [0.1, 0.15) is 0 Å². The minimum Gasteiger partial charge on any atom is -0.491 e. The molecule has 0 aliphatic heterocycles. The second-order valence-corrected chi connectivity index (χ2v) is 7.26. The summed E-state index contributed by atoms with van der Waals surface area (Å²) in [7, 11) is 0. The van der Waals surface area contributed by atoms with Gasteiger partial charge in [0.25, 0.3) is 0 Å². The average Bonchev–Trinajstić information content (AvgIpc) is 3.18.